The molecule has 1 aromatic rings. The molecule has 5 nitrogen and oxygen atoms in total. The van der Waals surface area contributed by atoms with Crippen LogP contribution in [0.15, 0.2) is 24.3 Å². The Morgan fingerprint density at radius 2 is 1.71 bits per heavy atom. The fraction of sp³-hybridized carbons (Fsp3) is 0.538. The van der Waals surface area contributed by atoms with Gasteiger partial charge in [-0.2, -0.15) is 8.78 Å². The molecule has 0 saturated heterocycles. The second-order valence-electron chi connectivity index (χ2n) is 5.63. The van der Waals surface area contributed by atoms with E-state index in [-0.39, 0.29) is 11.0 Å². The first-order valence-corrected chi connectivity index (χ1v) is 7.49. The first-order valence-electron chi connectivity index (χ1n) is 6.08. The number of ether oxygens (including phenoxy) is 1. The van der Waals surface area contributed by atoms with Gasteiger partial charge >= 0.3 is 5.25 Å². The van der Waals surface area contributed by atoms with Crippen molar-refractivity contribution in [3.05, 3.63) is 35.4 Å². The molecule has 8 heteroatoms. The Labute approximate surface area is 122 Å². The van der Waals surface area contributed by atoms with Gasteiger partial charge in [0.2, 0.25) is 0 Å². The lowest BCUT2D eigenvalue weighted by Gasteiger charge is -2.22. The number of aliphatic hydroxyl groups is 1. The standard InChI is InChI=1S/C13H18F2O5S/c1-12(2,3)10-6-4-9(5-7-10)11(16)20-8-13(14,15)21(17,18)19/h4-7,11,16H,8H2,1-3H3,(H,17,18,19)/p-1. The van der Waals surface area contributed by atoms with E-state index in [4.69, 9.17) is 0 Å². The lowest BCUT2D eigenvalue weighted by atomic mass is 9.87. The second kappa shape index (κ2) is 5.96. The van der Waals surface area contributed by atoms with Crippen molar-refractivity contribution in [1.29, 1.82) is 0 Å². The van der Waals surface area contributed by atoms with Crippen LogP contribution < -0.4 is 0 Å². The van der Waals surface area contributed by atoms with E-state index in [2.05, 4.69) is 4.74 Å². The molecular weight excluding hydrogens is 306 g/mol. The molecule has 0 aliphatic heterocycles. The Morgan fingerprint density at radius 1 is 1.24 bits per heavy atom. The maximum absolute atomic E-state index is 12.9. The quantitative estimate of drug-likeness (QED) is 0.662. The maximum atomic E-state index is 12.9. The summed E-state index contributed by atoms with van der Waals surface area (Å²) in [5, 5.41) is 5.01. The smallest absolute Gasteiger partial charge is 0.357 e. The minimum absolute atomic E-state index is 0.117. The zero-order chi connectivity index (χ0) is 16.5. The molecule has 0 heterocycles. The third-order valence-electron chi connectivity index (χ3n) is 2.84. The minimum atomic E-state index is -5.83. The summed E-state index contributed by atoms with van der Waals surface area (Å²) in [6.07, 6.45) is -1.74. The highest BCUT2D eigenvalue weighted by Gasteiger charge is 2.38. The molecule has 21 heavy (non-hydrogen) atoms. The molecule has 1 rings (SSSR count). The SMILES string of the molecule is CC(C)(C)c1ccc(C(O)OCC(F)(F)S(=O)(=O)[O-])cc1. The zero-order valence-corrected chi connectivity index (χ0v) is 12.7. The van der Waals surface area contributed by atoms with Crippen molar-refractivity contribution in [2.45, 2.75) is 37.7 Å². The lowest BCUT2D eigenvalue weighted by Crippen LogP contribution is -2.34. The molecule has 120 valence electrons. The molecule has 1 unspecified atom stereocenters. The van der Waals surface area contributed by atoms with Crippen molar-refractivity contribution in [2.75, 3.05) is 6.61 Å². The van der Waals surface area contributed by atoms with E-state index >= 15 is 0 Å². The second-order valence-corrected chi connectivity index (χ2v) is 7.13. The molecule has 1 atom stereocenters. The molecule has 1 N–H and O–H groups in total. The van der Waals surface area contributed by atoms with E-state index in [0.717, 1.165) is 5.56 Å². The normalized spacial score (nSPS) is 15.0. The minimum Gasteiger partial charge on any atom is -0.743 e. The number of hydrogen-bond acceptors (Lipinski definition) is 5. The van der Waals surface area contributed by atoms with Crippen LogP contribution in [0.3, 0.4) is 0 Å². The topological polar surface area (TPSA) is 86.7 Å². The Kier molecular flexibility index (Phi) is 5.09. The Balaban J connectivity index is 2.75. The average molecular weight is 323 g/mol. The fourth-order valence-electron chi connectivity index (χ4n) is 1.49. The van der Waals surface area contributed by atoms with Crippen LogP contribution in [-0.4, -0.2) is 29.9 Å². The van der Waals surface area contributed by atoms with Crippen LogP contribution in [0, 0.1) is 0 Å². The van der Waals surface area contributed by atoms with Gasteiger partial charge in [-0.3, -0.25) is 0 Å². The van der Waals surface area contributed by atoms with Gasteiger partial charge in [0.15, 0.2) is 16.4 Å². The van der Waals surface area contributed by atoms with Crippen LogP contribution in [0.25, 0.3) is 0 Å². The summed E-state index contributed by atoms with van der Waals surface area (Å²) in [5.41, 5.74) is 1.03. The Morgan fingerprint density at radius 3 is 2.10 bits per heavy atom. The van der Waals surface area contributed by atoms with Crippen molar-refractivity contribution in [3.8, 4) is 0 Å². The molecule has 0 spiro atoms. The predicted octanol–water partition coefficient (Wildman–Crippen LogP) is 2.13. The predicted molar refractivity (Wildman–Crippen MR) is 70.7 cm³/mol. The summed E-state index contributed by atoms with van der Waals surface area (Å²) < 4.78 is 61.0. The fourth-order valence-corrected chi connectivity index (χ4v) is 1.70. The third-order valence-corrected chi connectivity index (χ3v) is 3.69. The van der Waals surface area contributed by atoms with E-state index in [1.165, 1.54) is 12.1 Å². The molecule has 0 aliphatic rings. The number of benzene rings is 1. The number of halogens is 2. The van der Waals surface area contributed by atoms with Crippen molar-refractivity contribution in [1.82, 2.24) is 0 Å². The van der Waals surface area contributed by atoms with E-state index in [9.17, 15) is 26.9 Å². The largest absolute Gasteiger partial charge is 0.743 e. The molecule has 0 amide bonds. The van der Waals surface area contributed by atoms with Gasteiger partial charge in [-0.05, 0) is 11.0 Å². The molecule has 0 radical (unpaired) electrons. The Hall–Kier alpha value is -1.09. The number of hydrogen-bond donors (Lipinski definition) is 1. The van der Waals surface area contributed by atoms with Crippen LogP contribution >= 0.6 is 0 Å². The average Bonchev–Trinajstić information content (AvgIpc) is 2.34. The lowest BCUT2D eigenvalue weighted by molar-refractivity contribution is -0.143. The maximum Gasteiger partial charge on any atom is 0.357 e. The summed E-state index contributed by atoms with van der Waals surface area (Å²) in [7, 11) is -5.83. The van der Waals surface area contributed by atoms with E-state index < -0.39 is 28.3 Å². The van der Waals surface area contributed by atoms with E-state index in [1.54, 1.807) is 12.1 Å². The Bertz CT molecular complexity index is 576. The van der Waals surface area contributed by atoms with Gasteiger partial charge in [-0.25, -0.2) is 8.42 Å². The number of aliphatic hydroxyl groups excluding tert-OH is 1. The highest BCUT2D eigenvalue weighted by Crippen LogP contribution is 2.26. The summed E-state index contributed by atoms with van der Waals surface area (Å²) in [6, 6.07) is 6.36. The van der Waals surface area contributed by atoms with Gasteiger partial charge in [0.1, 0.15) is 6.61 Å². The van der Waals surface area contributed by atoms with Gasteiger partial charge in [0, 0.05) is 5.56 Å². The van der Waals surface area contributed by atoms with Crippen molar-refractivity contribution >= 4 is 10.1 Å². The van der Waals surface area contributed by atoms with Crippen molar-refractivity contribution in [3.63, 3.8) is 0 Å². The molecule has 0 fully saturated rings. The molecule has 0 aromatic heterocycles. The third kappa shape index (κ3) is 4.70. The highest BCUT2D eigenvalue weighted by molar-refractivity contribution is 7.86. The molecular formula is C13H17F2O5S-. The van der Waals surface area contributed by atoms with Crippen molar-refractivity contribution in [2.24, 2.45) is 0 Å². The van der Waals surface area contributed by atoms with Crippen LogP contribution in [0.5, 0.6) is 0 Å². The molecule has 0 aliphatic carbocycles. The summed E-state index contributed by atoms with van der Waals surface area (Å²) in [6.45, 7) is 4.23. The first-order chi connectivity index (χ1) is 9.34. The van der Waals surface area contributed by atoms with Crippen LogP contribution in [0.4, 0.5) is 8.78 Å². The summed E-state index contributed by atoms with van der Waals surface area (Å²) >= 11 is 0. The van der Waals surface area contributed by atoms with Gasteiger partial charge in [-0.1, -0.05) is 45.0 Å². The molecule has 1 aromatic carbocycles. The van der Waals surface area contributed by atoms with Gasteiger partial charge < -0.3 is 14.4 Å². The highest BCUT2D eigenvalue weighted by atomic mass is 32.2. The number of alkyl halides is 2. The summed E-state index contributed by atoms with van der Waals surface area (Å²) in [5.74, 6) is 0. The van der Waals surface area contributed by atoms with Gasteiger partial charge in [0.05, 0.1) is 0 Å². The van der Waals surface area contributed by atoms with Crippen LogP contribution in [-0.2, 0) is 20.3 Å². The summed E-state index contributed by atoms with van der Waals surface area (Å²) in [4.78, 5) is 0. The van der Waals surface area contributed by atoms with Crippen molar-refractivity contribution < 1.29 is 31.6 Å². The van der Waals surface area contributed by atoms with Gasteiger partial charge in [-0.15, -0.1) is 0 Å². The van der Waals surface area contributed by atoms with Crippen LogP contribution in [0.2, 0.25) is 0 Å². The van der Waals surface area contributed by atoms with Gasteiger partial charge in [0.25, 0.3) is 0 Å². The number of rotatable bonds is 5. The van der Waals surface area contributed by atoms with E-state index in [1.807, 2.05) is 20.8 Å². The van der Waals surface area contributed by atoms with E-state index in [0.29, 0.717) is 0 Å². The monoisotopic (exact) mass is 323 g/mol. The van der Waals surface area contributed by atoms with Crippen LogP contribution in [0.1, 0.15) is 38.2 Å². The molecule has 0 bridgehead atoms. The zero-order valence-electron chi connectivity index (χ0n) is 11.8. The molecule has 0 saturated carbocycles. The first kappa shape index (κ1) is 18.0.